The Labute approximate surface area is 43.1 Å². The summed E-state index contributed by atoms with van der Waals surface area (Å²) in [6.45, 7) is 0.908. The highest BCUT2D eigenvalue weighted by Crippen LogP contribution is 2.13. The Morgan fingerprint density at radius 2 is 2.57 bits per heavy atom. The van der Waals surface area contributed by atoms with E-state index < -0.39 is 0 Å². The van der Waals surface area contributed by atoms with Gasteiger partial charge in [0.05, 0.1) is 0 Å². The van der Waals surface area contributed by atoms with Gasteiger partial charge in [0, 0.05) is 6.04 Å². The van der Waals surface area contributed by atoms with E-state index in [2.05, 4.69) is 0 Å². The third-order valence-electron chi connectivity index (χ3n) is 1.62. The third-order valence-corrected chi connectivity index (χ3v) is 1.62. The van der Waals surface area contributed by atoms with Crippen molar-refractivity contribution >= 4 is 0 Å². The molecule has 0 aromatic rings. The fourth-order valence-electron chi connectivity index (χ4n) is 0.765. The lowest BCUT2D eigenvalue weighted by molar-refractivity contribution is 0.101. The Kier molecular flexibility index (Phi) is 1.28. The molecule has 1 rings (SSSR count). The van der Waals surface area contributed by atoms with Crippen LogP contribution in [0.15, 0.2) is 0 Å². The summed E-state index contributed by atoms with van der Waals surface area (Å²) in [5.74, 6) is 0. The van der Waals surface area contributed by atoms with Crippen LogP contribution in [0.1, 0.15) is 6.42 Å². The maximum absolute atomic E-state index is 11.6. The van der Waals surface area contributed by atoms with Crippen LogP contribution in [0.5, 0.6) is 0 Å². The first-order valence-electron chi connectivity index (χ1n) is 2.61. The van der Waals surface area contributed by atoms with Gasteiger partial charge in [0.15, 0.2) is 0 Å². The molecule has 1 saturated heterocycles. The average Bonchev–Trinajstić information content (AvgIpc) is 1.65. The molecule has 1 aliphatic rings. The zero-order chi connectivity index (χ0) is 5.28. The molecule has 0 aromatic heterocycles. The first-order chi connectivity index (χ1) is 3.34. The molecule has 1 nitrogen and oxygen atoms in total. The van der Waals surface area contributed by atoms with E-state index in [1.807, 2.05) is 11.9 Å². The lowest BCUT2D eigenvalue weighted by Crippen LogP contribution is -2.45. The third kappa shape index (κ3) is 0.752. The predicted octanol–water partition coefficient (Wildman–Crippen LogP) is 0.660. The molecule has 1 heterocycles. The minimum atomic E-state index is -0.170. The molecular weight excluding hydrogens is 93.1 g/mol. The molecule has 42 valence electrons. The van der Waals surface area contributed by atoms with Crippen molar-refractivity contribution in [3.05, 3.63) is 0 Å². The molecule has 7 heavy (non-hydrogen) atoms. The normalized spacial score (nSPS) is 32.6. The standard InChI is InChI=1S/C5H10FN/c1-7-3-2-5(7)4-6/h5H,2-4H2,1H3. The molecule has 0 spiro atoms. The Hall–Kier alpha value is -0.110. The van der Waals surface area contributed by atoms with E-state index in [0.29, 0.717) is 0 Å². The van der Waals surface area contributed by atoms with Gasteiger partial charge in [0.25, 0.3) is 0 Å². The van der Waals surface area contributed by atoms with Crippen LogP contribution >= 0.6 is 0 Å². The molecule has 0 aromatic carbocycles. The first kappa shape index (κ1) is 5.04. The van der Waals surface area contributed by atoms with Crippen molar-refractivity contribution in [3.8, 4) is 0 Å². The molecule has 0 N–H and O–H groups in total. The van der Waals surface area contributed by atoms with Gasteiger partial charge < -0.3 is 4.90 Å². The van der Waals surface area contributed by atoms with E-state index in [1.54, 1.807) is 0 Å². The molecule has 0 saturated carbocycles. The molecule has 1 fully saturated rings. The van der Waals surface area contributed by atoms with Crippen LogP contribution in [0.3, 0.4) is 0 Å². The van der Waals surface area contributed by atoms with Gasteiger partial charge in [-0.25, -0.2) is 4.39 Å². The zero-order valence-corrected chi connectivity index (χ0v) is 4.52. The highest BCUT2D eigenvalue weighted by atomic mass is 19.1. The lowest BCUT2D eigenvalue weighted by atomic mass is 10.1. The zero-order valence-electron chi connectivity index (χ0n) is 4.52. The second-order valence-electron chi connectivity index (χ2n) is 2.08. The van der Waals surface area contributed by atoms with Crippen LogP contribution < -0.4 is 0 Å². The van der Waals surface area contributed by atoms with Crippen LogP contribution in [-0.2, 0) is 0 Å². The number of alkyl halides is 1. The summed E-state index contributed by atoms with van der Waals surface area (Å²) in [7, 11) is 1.95. The number of rotatable bonds is 1. The van der Waals surface area contributed by atoms with Gasteiger partial charge in [-0.05, 0) is 20.0 Å². The molecule has 0 radical (unpaired) electrons. The minimum Gasteiger partial charge on any atom is -0.301 e. The van der Waals surface area contributed by atoms with Crippen molar-refractivity contribution in [3.63, 3.8) is 0 Å². The number of nitrogens with zero attached hydrogens (tertiary/aromatic N) is 1. The molecular formula is C5H10FN. The van der Waals surface area contributed by atoms with Gasteiger partial charge in [-0.15, -0.1) is 0 Å². The number of halogens is 1. The van der Waals surface area contributed by atoms with E-state index in [1.165, 1.54) is 0 Å². The summed E-state index contributed by atoms with van der Waals surface area (Å²) in [6.07, 6.45) is 1.05. The second-order valence-corrected chi connectivity index (χ2v) is 2.08. The van der Waals surface area contributed by atoms with Crippen LogP contribution in [0.25, 0.3) is 0 Å². The van der Waals surface area contributed by atoms with Gasteiger partial charge in [-0.3, -0.25) is 0 Å². The Bertz CT molecular complexity index is 63.1. The van der Waals surface area contributed by atoms with Crippen LogP contribution in [0.2, 0.25) is 0 Å². The summed E-state index contributed by atoms with van der Waals surface area (Å²) >= 11 is 0. The second kappa shape index (κ2) is 1.78. The monoisotopic (exact) mass is 103 g/mol. The van der Waals surface area contributed by atoms with E-state index in [9.17, 15) is 4.39 Å². The summed E-state index contributed by atoms with van der Waals surface area (Å²) in [4.78, 5) is 2.03. The average molecular weight is 103 g/mol. The van der Waals surface area contributed by atoms with Crippen molar-refractivity contribution in [2.45, 2.75) is 12.5 Å². The van der Waals surface area contributed by atoms with Gasteiger partial charge in [0.2, 0.25) is 0 Å². The minimum absolute atomic E-state index is 0.170. The van der Waals surface area contributed by atoms with Crippen molar-refractivity contribution in [2.75, 3.05) is 20.3 Å². The summed E-state index contributed by atoms with van der Waals surface area (Å²) in [5.41, 5.74) is 0. The molecule has 1 unspecified atom stereocenters. The van der Waals surface area contributed by atoms with Gasteiger partial charge in [-0.2, -0.15) is 0 Å². The molecule has 0 amide bonds. The summed E-state index contributed by atoms with van der Waals surface area (Å²) in [6, 6.07) is 0.250. The van der Waals surface area contributed by atoms with Crippen molar-refractivity contribution in [1.29, 1.82) is 0 Å². The predicted molar refractivity (Wildman–Crippen MR) is 27.0 cm³/mol. The number of hydrogen-bond acceptors (Lipinski definition) is 1. The topological polar surface area (TPSA) is 3.24 Å². The lowest BCUT2D eigenvalue weighted by Gasteiger charge is -2.35. The highest BCUT2D eigenvalue weighted by Gasteiger charge is 2.22. The van der Waals surface area contributed by atoms with Crippen molar-refractivity contribution in [2.24, 2.45) is 0 Å². The Morgan fingerprint density at radius 3 is 2.57 bits per heavy atom. The molecule has 1 atom stereocenters. The molecule has 1 aliphatic heterocycles. The largest absolute Gasteiger partial charge is 0.301 e. The summed E-state index contributed by atoms with van der Waals surface area (Å²) < 4.78 is 11.6. The quantitative estimate of drug-likeness (QED) is 0.471. The Morgan fingerprint density at radius 1 is 1.86 bits per heavy atom. The molecule has 0 bridgehead atoms. The van der Waals surface area contributed by atoms with E-state index in [4.69, 9.17) is 0 Å². The SMILES string of the molecule is CN1CCC1CF. The van der Waals surface area contributed by atoms with E-state index in [-0.39, 0.29) is 12.7 Å². The maximum Gasteiger partial charge on any atom is 0.105 e. The smallest absolute Gasteiger partial charge is 0.105 e. The first-order valence-corrected chi connectivity index (χ1v) is 2.61. The van der Waals surface area contributed by atoms with Gasteiger partial charge in [-0.1, -0.05) is 0 Å². The van der Waals surface area contributed by atoms with E-state index >= 15 is 0 Å². The Balaban J connectivity index is 2.16. The van der Waals surface area contributed by atoms with Crippen LogP contribution in [0, 0.1) is 0 Å². The maximum atomic E-state index is 11.6. The van der Waals surface area contributed by atoms with Crippen molar-refractivity contribution < 1.29 is 4.39 Å². The van der Waals surface area contributed by atoms with Crippen molar-refractivity contribution in [1.82, 2.24) is 4.90 Å². The van der Waals surface area contributed by atoms with Crippen LogP contribution in [-0.4, -0.2) is 31.2 Å². The van der Waals surface area contributed by atoms with Gasteiger partial charge >= 0.3 is 0 Å². The van der Waals surface area contributed by atoms with Crippen LogP contribution in [0.4, 0.5) is 4.39 Å². The number of likely N-dealkylation sites (tertiary alicyclic amines) is 1. The van der Waals surface area contributed by atoms with E-state index in [0.717, 1.165) is 13.0 Å². The fraction of sp³-hybridized carbons (Fsp3) is 1.00. The number of hydrogen-bond donors (Lipinski definition) is 0. The molecule has 2 heteroatoms. The van der Waals surface area contributed by atoms with Gasteiger partial charge in [0.1, 0.15) is 6.67 Å². The molecule has 0 aliphatic carbocycles. The summed E-state index contributed by atoms with van der Waals surface area (Å²) in [5, 5.41) is 0. The fourth-order valence-corrected chi connectivity index (χ4v) is 0.765. The highest BCUT2D eigenvalue weighted by molar-refractivity contribution is 4.78.